The summed E-state index contributed by atoms with van der Waals surface area (Å²) in [5, 5.41) is 3.07. The van der Waals surface area contributed by atoms with Crippen molar-refractivity contribution in [3.05, 3.63) is 18.1 Å². The van der Waals surface area contributed by atoms with E-state index < -0.39 is 11.1 Å². The molecule has 28 heavy (non-hydrogen) atoms. The van der Waals surface area contributed by atoms with E-state index in [0.717, 1.165) is 0 Å². The van der Waals surface area contributed by atoms with Gasteiger partial charge < -0.3 is 19.7 Å². The lowest BCUT2D eigenvalue weighted by atomic mass is 10.1. The third-order valence-corrected chi connectivity index (χ3v) is 5.02. The average Bonchev–Trinajstić information content (AvgIpc) is 3.07. The van der Waals surface area contributed by atoms with Gasteiger partial charge in [-0.2, -0.15) is 0 Å². The van der Waals surface area contributed by atoms with Crippen LogP contribution < -0.4 is 10.1 Å². The van der Waals surface area contributed by atoms with E-state index in [9.17, 15) is 9.59 Å². The minimum Gasteiger partial charge on any atom is -0.474 e. The summed E-state index contributed by atoms with van der Waals surface area (Å²) < 4.78 is 11.1. The van der Waals surface area contributed by atoms with Crippen LogP contribution in [-0.2, 0) is 9.53 Å². The van der Waals surface area contributed by atoms with E-state index in [1.54, 1.807) is 17.3 Å². The van der Waals surface area contributed by atoms with Crippen LogP contribution in [0.5, 0.6) is 5.88 Å². The number of nitrogens with zero attached hydrogens (tertiary/aromatic N) is 3. The van der Waals surface area contributed by atoms with Gasteiger partial charge in [-0.1, -0.05) is 0 Å². The number of fused-ring (bicyclic) bond motifs is 1. The molecule has 1 saturated carbocycles. The van der Waals surface area contributed by atoms with Gasteiger partial charge in [0, 0.05) is 31.4 Å². The van der Waals surface area contributed by atoms with Crippen LogP contribution >= 0.6 is 0 Å². The summed E-state index contributed by atoms with van der Waals surface area (Å²) in [4.78, 5) is 34.8. The van der Waals surface area contributed by atoms with E-state index in [2.05, 4.69) is 15.3 Å². The van der Waals surface area contributed by atoms with Crippen molar-refractivity contribution in [2.45, 2.75) is 52.7 Å². The molecule has 0 bridgehead atoms. The van der Waals surface area contributed by atoms with Crippen molar-refractivity contribution in [1.29, 1.82) is 0 Å². The zero-order valence-electron chi connectivity index (χ0n) is 17.5. The number of hydrogen-bond acceptors (Lipinski definition) is 6. The van der Waals surface area contributed by atoms with Crippen molar-refractivity contribution in [3.63, 3.8) is 0 Å². The maximum atomic E-state index is 12.7. The molecule has 2 aliphatic rings. The number of nitrogens with one attached hydrogen (secondary N) is 1. The van der Waals surface area contributed by atoms with Gasteiger partial charge in [0.05, 0.1) is 11.2 Å². The molecule has 1 aliphatic heterocycles. The summed E-state index contributed by atoms with van der Waals surface area (Å²) >= 11 is 0. The fraction of sp³-hybridized carbons (Fsp3) is 0.700. The zero-order valence-corrected chi connectivity index (χ0v) is 17.5. The first-order chi connectivity index (χ1) is 13.0. The van der Waals surface area contributed by atoms with Gasteiger partial charge in [-0.15, -0.1) is 0 Å². The summed E-state index contributed by atoms with van der Waals surface area (Å²) in [6.45, 7) is 12.7. The highest BCUT2D eigenvalue weighted by molar-refractivity contribution is 5.84. The molecule has 3 atom stereocenters. The topological polar surface area (TPSA) is 93.7 Å². The molecule has 8 nitrogen and oxygen atoms in total. The minimum absolute atomic E-state index is 0.0170. The fourth-order valence-corrected chi connectivity index (χ4v) is 3.63. The number of carbonyl (C=O) groups is 2. The highest BCUT2D eigenvalue weighted by Gasteiger charge is 2.61. The van der Waals surface area contributed by atoms with E-state index >= 15 is 0 Å². The second-order valence-electron chi connectivity index (χ2n) is 9.35. The number of carbonyl (C=O) groups excluding carboxylic acids is 2. The number of likely N-dealkylation sites (tertiary alicyclic amines) is 1. The maximum Gasteiger partial charge on any atom is 0.410 e. The molecule has 1 aliphatic carbocycles. The number of rotatable bonds is 5. The smallest absolute Gasteiger partial charge is 0.410 e. The molecule has 1 N–H and O–H groups in total. The van der Waals surface area contributed by atoms with Crippen molar-refractivity contribution in [2.75, 3.05) is 19.7 Å². The van der Waals surface area contributed by atoms with Crippen LogP contribution in [0, 0.1) is 24.7 Å². The molecule has 0 radical (unpaired) electrons. The van der Waals surface area contributed by atoms with E-state index in [1.807, 2.05) is 41.5 Å². The first-order valence-electron chi connectivity index (χ1n) is 9.67. The number of piperidine rings is 1. The van der Waals surface area contributed by atoms with Gasteiger partial charge in [0.15, 0.2) is 0 Å². The van der Waals surface area contributed by atoms with Crippen LogP contribution in [0.3, 0.4) is 0 Å². The largest absolute Gasteiger partial charge is 0.474 e. The Morgan fingerprint density at radius 1 is 1.14 bits per heavy atom. The Bertz CT molecular complexity index is 747. The Hall–Kier alpha value is -2.38. The van der Waals surface area contributed by atoms with Gasteiger partial charge in [0.1, 0.15) is 12.2 Å². The molecule has 2 fully saturated rings. The zero-order chi connectivity index (χ0) is 20.7. The predicted octanol–water partition coefficient (Wildman–Crippen LogP) is 2.17. The summed E-state index contributed by atoms with van der Waals surface area (Å²) in [6, 6.07) is 0. The van der Waals surface area contributed by atoms with Gasteiger partial charge in [0.25, 0.3) is 0 Å². The molecule has 154 valence electrons. The lowest BCUT2D eigenvalue weighted by Crippen LogP contribution is -2.49. The number of aromatic nitrogens is 2. The monoisotopic (exact) mass is 390 g/mol. The van der Waals surface area contributed by atoms with Crippen molar-refractivity contribution in [2.24, 2.45) is 17.8 Å². The lowest BCUT2D eigenvalue weighted by Gasteiger charge is -2.28. The van der Waals surface area contributed by atoms with E-state index in [4.69, 9.17) is 9.47 Å². The van der Waals surface area contributed by atoms with Gasteiger partial charge >= 0.3 is 6.09 Å². The highest BCUT2D eigenvalue weighted by atomic mass is 16.6. The van der Waals surface area contributed by atoms with Gasteiger partial charge in [0.2, 0.25) is 11.8 Å². The van der Waals surface area contributed by atoms with Crippen LogP contribution in [0.4, 0.5) is 4.79 Å². The number of ether oxygens (including phenoxy) is 2. The Balaban J connectivity index is 1.46. The summed E-state index contributed by atoms with van der Waals surface area (Å²) in [5.41, 5.74) is -0.335. The second kappa shape index (κ2) is 7.22. The summed E-state index contributed by atoms with van der Waals surface area (Å²) in [7, 11) is 0. The Morgan fingerprint density at radius 3 is 2.32 bits per heavy atom. The van der Waals surface area contributed by atoms with Crippen molar-refractivity contribution >= 4 is 12.0 Å². The molecular formula is C20H30N4O4. The molecule has 2 heterocycles. The van der Waals surface area contributed by atoms with Crippen molar-refractivity contribution in [3.8, 4) is 5.88 Å². The summed E-state index contributed by atoms with van der Waals surface area (Å²) in [6.07, 6.45) is 2.89. The van der Waals surface area contributed by atoms with Crippen LogP contribution in [0.2, 0.25) is 0 Å². The Kier molecular flexibility index (Phi) is 5.25. The van der Waals surface area contributed by atoms with Crippen LogP contribution in [-0.4, -0.2) is 57.7 Å². The van der Waals surface area contributed by atoms with Gasteiger partial charge in [-0.25, -0.2) is 9.78 Å². The predicted molar refractivity (Wildman–Crippen MR) is 103 cm³/mol. The van der Waals surface area contributed by atoms with Gasteiger partial charge in [-0.3, -0.25) is 9.78 Å². The Labute approximate surface area is 166 Å². The number of hydrogen-bond donors (Lipinski definition) is 1. The standard InChI is InChI=1S/C20H30N4O4/c1-12-17(22-8-7-21-12)27-11-20(5,6)23-16(25)15-13-9-24(10-14(13)15)18(26)28-19(2,3)4/h7-8,13-15H,9-11H2,1-6H3,(H,23,25)/t13-,14?,15?/m0/s1. The van der Waals surface area contributed by atoms with Crippen molar-refractivity contribution in [1.82, 2.24) is 20.2 Å². The minimum atomic E-state index is -0.539. The molecule has 0 aromatic carbocycles. The molecule has 0 spiro atoms. The highest BCUT2D eigenvalue weighted by Crippen LogP contribution is 2.52. The molecule has 2 amide bonds. The number of aryl methyl sites for hydroxylation is 1. The van der Waals surface area contributed by atoms with Gasteiger partial charge in [-0.05, 0) is 53.4 Å². The third-order valence-electron chi connectivity index (χ3n) is 5.02. The first-order valence-corrected chi connectivity index (χ1v) is 9.67. The molecule has 8 heteroatoms. The van der Waals surface area contributed by atoms with Crippen LogP contribution in [0.15, 0.2) is 12.4 Å². The molecule has 1 saturated heterocycles. The lowest BCUT2D eigenvalue weighted by molar-refractivity contribution is -0.125. The van der Waals surface area contributed by atoms with Crippen molar-refractivity contribution < 1.29 is 19.1 Å². The second-order valence-corrected chi connectivity index (χ2v) is 9.35. The van der Waals surface area contributed by atoms with Crippen LogP contribution in [0.25, 0.3) is 0 Å². The quantitative estimate of drug-likeness (QED) is 0.828. The summed E-state index contributed by atoms with van der Waals surface area (Å²) in [5.74, 6) is 0.874. The molecule has 1 aromatic rings. The SMILES string of the molecule is Cc1nccnc1OCC(C)(C)NC(=O)C1C2CN(C(=O)OC(C)(C)C)C[C@@H]21. The molecule has 2 unspecified atom stereocenters. The molecule has 1 aromatic heterocycles. The first kappa shape index (κ1) is 20.4. The van der Waals surface area contributed by atoms with E-state index in [1.165, 1.54) is 0 Å². The molecule has 3 rings (SSSR count). The molecular weight excluding hydrogens is 360 g/mol. The maximum absolute atomic E-state index is 12.7. The van der Waals surface area contributed by atoms with Crippen LogP contribution in [0.1, 0.15) is 40.3 Å². The van der Waals surface area contributed by atoms with E-state index in [-0.39, 0.29) is 29.8 Å². The normalized spacial score (nSPS) is 23.8. The average molecular weight is 390 g/mol. The third kappa shape index (κ3) is 4.72. The van der Waals surface area contributed by atoms with E-state index in [0.29, 0.717) is 31.3 Å². The number of amides is 2. The fourth-order valence-electron chi connectivity index (χ4n) is 3.63. The Morgan fingerprint density at radius 2 is 1.75 bits per heavy atom.